The molecule has 132 valence electrons. The second-order valence-corrected chi connectivity index (χ2v) is 7.02. The zero-order valence-corrected chi connectivity index (χ0v) is 15.1. The van der Waals surface area contributed by atoms with Crippen LogP contribution >= 0.6 is 11.3 Å². The summed E-state index contributed by atoms with van der Waals surface area (Å²) in [5.41, 5.74) is 2.71. The van der Waals surface area contributed by atoms with E-state index >= 15 is 0 Å². The summed E-state index contributed by atoms with van der Waals surface area (Å²) >= 11 is 1.72. The standard InChI is InChI=1S/C19H19N5OS/c25-19(17-11-21-18(22-12-17)16-2-1-4-20-10-16)24-7-5-23(6-8-24)13-15-3-9-26-14-15/h1-4,9-12,14H,5-8,13H2. The highest BCUT2D eigenvalue weighted by Gasteiger charge is 2.22. The van der Waals surface area contributed by atoms with Crippen LogP contribution in [0.25, 0.3) is 11.4 Å². The molecular formula is C19H19N5OS. The molecule has 0 atom stereocenters. The van der Waals surface area contributed by atoms with Gasteiger partial charge in [-0.1, -0.05) is 0 Å². The van der Waals surface area contributed by atoms with Crippen LogP contribution in [0.15, 0.2) is 53.7 Å². The van der Waals surface area contributed by atoms with E-state index in [4.69, 9.17) is 0 Å². The van der Waals surface area contributed by atoms with E-state index in [2.05, 4.69) is 36.7 Å². The Morgan fingerprint density at radius 3 is 2.54 bits per heavy atom. The van der Waals surface area contributed by atoms with E-state index in [0.29, 0.717) is 11.4 Å². The molecule has 0 radical (unpaired) electrons. The van der Waals surface area contributed by atoms with Gasteiger partial charge in [0.15, 0.2) is 5.82 Å². The van der Waals surface area contributed by atoms with Gasteiger partial charge in [-0.2, -0.15) is 11.3 Å². The third-order valence-corrected chi connectivity index (χ3v) is 5.20. The van der Waals surface area contributed by atoms with Gasteiger partial charge in [0.1, 0.15) is 0 Å². The summed E-state index contributed by atoms with van der Waals surface area (Å²) in [7, 11) is 0. The average molecular weight is 365 g/mol. The first-order valence-corrected chi connectivity index (χ1v) is 9.49. The van der Waals surface area contributed by atoms with Crippen molar-refractivity contribution < 1.29 is 4.79 Å². The van der Waals surface area contributed by atoms with Crippen molar-refractivity contribution in [3.05, 3.63) is 64.9 Å². The van der Waals surface area contributed by atoms with Crippen molar-refractivity contribution in [1.82, 2.24) is 24.8 Å². The number of thiophene rings is 1. The number of carbonyl (C=O) groups excluding carboxylic acids is 1. The van der Waals surface area contributed by atoms with E-state index in [-0.39, 0.29) is 5.91 Å². The van der Waals surface area contributed by atoms with E-state index in [9.17, 15) is 4.79 Å². The third kappa shape index (κ3) is 3.79. The zero-order chi connectivity index (χ0) is 17.8. The first-order valence-electron chi connectivity index (χ1n) is 8.55. The number of piperazine rings is 1. The summed E-state index contributed by atoms with van der Waals surface area (Å²) in [5, 5.41) is 4.28. The normalized spacial score (nSPS) is 15.2. The van der Waals surface area contributed by atoms with Crippen LogP contribution in [0.1, 0.15) is 15.9 Å². The van der Waals surface area contributed by atoms with Gasteiger partial charge in [0.05, 0.1) is 5.56 Å². The maximum absolute atomic E-state index is 12.7. The monoisotopic (exact) mass is 365 g/mol. The summed E-state index contributed by atoms with van der Waals surface area (Å²) in [5.74, 6) is 0.577. The highest BCUT2D eigenvalue weighted by atomic mass is 32.1. The Hall–Kier alpha value is -2.64. The molecule has 0 saturated carbocycles. The van der Waals surface area contributed by atoms with Crippen LogP contribution in [-0.2, 0) is 6.54 Å². The molecule has 0 aliphatic carbocycles. The average Bonchev–Trinajstić information content (AvgIpc) is 3.22. The Kier molecular flexibility index (Phi) is 4.99. The van der Waals surface area contributed by atoms with Crippen molar-refractivity contribution in [3.8, 4) is 11.4 Å². The lowest BCUT2D eigenvalue weighted by Gasteiger charge is -2.34. The minimum absolute atomic E-state index is 0.00193. The fraction of sp³-hybridized carbons (Fsp3) is 0.263. The summed E-state index contributed by atoms with van der Waals surface area (Å²) in [6, 6.07) is 5.90. The fourth-order valence-electron chi connectivity index (χ4n) is 3.02. The molecule has 0 spiro atoms. The molecule has 26 heavy (non-hydrogen) atoms. The lowest BCUT2D eigenvalue weighted by atomic mass is 10.2. The second-order valence-electron chi connectivity index (χ2n) is 6.24. The lowest BCUT2D eigenvalue weighted by molar-refractivity contribution is 0.0628. The summed E-state index contributed by atoms with van der Waals surface area (Å²) in [6.45, 7) is 4.18. The van der Waals surface area contributed by atoms with Gasteiger partial charge in [-0.3, -0.25) is 14.7 Å². The molecule has 1 aliphatic rings. The molecule has 7 heteroatoms. The van der Waals surface area contributed by atoms with Crippen LogP contribution in [0.4, 0.5) is 0 Å². The molecule has 4 rings (SSSR count). The molecule has 1 fully saturated rings. The van der Waals surface area contributed by atoms with Gasteiger partial charge in [-0.05, 0) is 34.5 Å². The van der Waals surface area contributed by atoms with Gasteiger partial charge in [-0.25, -0.2) is 9.97 Å². The number of nitrogens with zero attached hydrogens (tertiary/aromatic N) is 5. The van der Waals surface area contributed by atoms with Crippen LogP contribution in [0.2, 0.25) is 0 Å². The van der Waals surface area contributed by atoms with Crippen molar-refractivity contribution in [3.63, 3.8) is 0 Å². The van der Waals surface area contributed by atoms with Crippen molar-refractivity contribution in [2.45, 2.75) is 6.54 Å². The number of aromatic nitrogens is 3. The minimum atomic E-state index is -0.00193. The topological polar surface area (TPSA) is 62.2 Å². The number of hydrogen-bond acceptors (Lipinski definition) is 6. The van der Waals surface area contributed by atoms with E-state index < -0.39 is 0 Å². The van der Waals surface area contributed by atoms with Crippen molar-refractivity contribution in [2.75, 3.05) is 26.2 Å². The molecule has 3 aromatic heterocycles. The lowest BCUT2D eigenvalue weighted by Crippen LogP contribution is -2.48. The van der Waals surface area contributed by atoms with Crippen LogP contribution in [0.3, 0.4) is 0 Å². The Morgan fingerprint density at radius 2 is 1.88 bits per heavy atom. The number of carbonyl (C=O) groups is 1. The molecule has 1 amide bonds. The Bertz CT molecular complexity index is 843. The van der Waals surface area contributed by atoms with Crippen molar-refractivity contribution >= 4 is 17.2 Å². The van der Waals surface area contributed by atoms with Crippen LogP contribution in [0.5, 0.6) is 0 Å². The molecule has 0 bridgehead atoms. The highest BCUT2D eigenvalue weighted by Crippen LogP contribution is 2.15. The predicted molar refractivity (Wildman–Crippen MR) is 101 cm³/mol. The van der Waals surface area contributed by atoms with Gasteiger partial charge in [0, 0.05) is 63.1 Å². The molecule has 1 saturated heterocycles. The molecular weight excluding hydrogens is 346 g/mol. The fourth-order valence-corrected chi connectivity index (χ4v) is 3.67. The Labute approximate surface area is 156 Å². The van der Waals surface area contributed by atoms with E-state index in [0.717, 1.165) is 38.3 Å². The molecule has 0 aromatic carbocycles. The maximum atomic E-state index is 12.7. The number of hydrogen-bond donors (Lipinski definition) is 0. The van der Waals surface area contributed by atoms with Crippen molar-refractivity contribution in [1.29, 1.82) is 0 Å². The number of amides is 1. The molecule has 1 aliphatic heterocycles. The van der Waals surface area contributed by atoms with E-state index in [1.165, 1.54) is 5.56 Å². The predicted octanol–water partition coefficient (Wildman–Crippen LogP) is 2.56. The molecule has 0 unspecified atom stereocenters. The smallest absolute Gasteiger partial charge is 0.257 e. The zero-order valence-electron chi connectivity index (χ0n) is 14.3. The van der Waals surface area contributed by atoms with Crippen molar-refractivity contribution in [2.24, 2.45) is 0 Å². The first-order chi connectivity index (χ1) is 12.8. The molecule has 3 aromatic rings. The summed E-state index contributed by atoms with van der Waals surface area (Å²) in [4.78, 5) is 29.7. The summed E-state index contributed by atoms with van der Waals surface area (Å²) < 4.78 is 0. The van der Waals surface area contributed by atoms with E-state index in [1.54, 1.807) is 36.1 Å². The molecule has 4 heterocycles. The van der Waals surface area contributed by atoms with Gasteiger partial charge < -0.3 is 4.90 Å². The maximum Gasteiger partial charge on any atom is 0.257 e. The van der Waals surface area contributed by atoms with Gasteiger partial charge in [0.25, 0.3) is 5.91 Å². The van der Waals surface area contributed by atoms with Gasteiger partial charge in [0.2, 0.25) is 0 Å². The SMILES string of the molecule is O=C(c1cnc(-c2cccnc2)nc1)N1CCN(Cc2ccsc2)CC1. The molecule has 0 N–H and O–H groups in total. The highest BCUT2D eigenvalue weighted by molar-refractivity contribution is 7.07. The Morgan fingerprint density at radius 1 is 1.08 bits per heavy atom. The van der Waals surface area contributed by atoms with E-state index in [1.807, 2.05) is 17.0 Å². The van der Waals surface area contributed by atoms with Gasteiger partial charge >= 0.3 is 0 Å². The second kappa shape index (κ2) is 7.72. The molecule has 6 nitrogen and oxygen atoms in total. The number of pyridine rings is 1. The van der Waals surface area contributed by atoms with Crippen LogP contribution in [-0.4, -0.2) is 56.8 Å². The largest absolute Gasteiger partial charge is 0.336 e. The van der Waals surface area contributed by atoms with Crippen LogP contribution < -0.4 is 0 Å². The first kappa shape index (κ1) is 16.8. The number of rotatable bonds is 4. The summed E-state index contributed by atoms with van der Waals surface area (Å²) in [6.07, 6.45) is 6.63. The minimum Gasteiger partial charge on any atom is -0.336 e. The third-order valence-electron chi connectivity index (χ3n) is 4.46. The Balaban J connectivity index is 1.36. The quantitative estimate of drug-likeness (QED) is 0.711. The van der Waals surface area contributed by atoms with Gasteiger partial charge in [-0.15, -0.1) is 0 Å². The van der Waals surface area contributed by atoms with Crippen LogP contribution in [0, 0.1) is 0 Å².